The lowest BCUT2D eigenvalue weighted by Gasteiger charge is -2.07. The van der Waals surface area contributed by atoms with Gasteiger partial charge < -0.3 is 9.84 Å². The minimum Gasteiger partial charge on any atom is -0.508 e. The van der Waals surface area contributed by atoms with Gasteiger partial charge in [0.1, 0.15) is 11.5 Å². The smallest absolute Gasteiger partial charge is 0.240 e. The minimum absolute atomic E-state index is 0.142. The Kier molecular flexibility index (Phi) is 6.90. The van der Waals surface area contributed by atoms with E-state index in [0.717, 1.165) is 0 Å². The van der Waals surface area contributed by atoms with Crippen LogP contribution in [0.4, 0.5) is 0 Å². The number of benzene rings is 2. The topological polar surface area (TPSA) is 70.9 Å². The molecule has 0 saturated carbocycles. The molecule has 0 aromatic heterocycles. The summed E-state index contributed by atoms with van der Waals surface area (Å²) in [6, 6.07) is 11.5. The van der Waals surface area contributed by atoms with Crippen LogP contribution in [0.15, 0.2) is 47.6 Å². The number of hydrazone groups is 1. The van der Waals surface area contributed by atoms with Crippen LogP contribution >= 0.6 is 23.2 Å². The molecule has 1 amide bonds. The zero-order valence-corrected chi connectivity index (χ0v) is 14.2. The number of phenols is 1. The Morgan fingerprint density at radius 3 is 2.83 bits per heavy atom. The van der Waals surface area contributed by atoms with Gasteiger partial charge in [-0.05, 0) is 42.3 Å². The van der Waals surface area contributed by atoms with Gasteiger partial charge in [-0.1, -0.05) is 35.3 Å². The first-order chi connectivity index (χ1) is 11.5. The van der Waals surface area contributed by atoms with E-state index in [1.54, 1.807) is 42.5 Å². The molecular weight excluding hydrogens is 351 g/mol. The van der Waals surface area contributed by atoms with Gasteiger partial charge in [-0.3, -0.25) is 4.79 Å². The normalized spacial score (nSPS) is 10.8. The van der Waals surface area contributed by atoms with Gasteiger partial charge in [0.05, 0.1) is 17.8 Å². The van der Waals surface area contributed by atoms with Crippen LogP contribution in [0.5, 0.6) is 11.5 Å². The van der Waals surface area contributed by atoms with Gasteiger partial charge in [0.25, 0.3) is 0 Å². The first kappa shape index (κ1) is 18.1. The predicted molar refractivity (Wildman–Crippen MR) is 95.0 cm³/mol. The number of rotatable bonds is 7. The van der Waals surface area contributed by atoms with E-state index in [4.69, 9.17) is 27.9 Å². The summed E-state index contributed by atoms with van der Waals surface area (Å²) in [5.74, 6) is 0.448. The minimum atomic E-state index is -0.225. The van der Waals surface area contributed by atoms with Crippen LogP contribution < -0.4 is 10.2 Å². The molecule has 0 fully saturated rings. The van der Waals surface area contributed by atoms with E-state index in [9.17, 15) is 9.90 Å². The fourth-order valence-electron chi connectivity index (χ4n) is 1.85. The molecule has 24 heavy (non-hydrogen) atoms. The second-order valence-corrected chi connectivity index (χ2v) is 5.76. The molecule has 0 aliphatic rings. The Balaban J connectivity index is 1.68. The molecular formula is C17H16Cl2N2O3. The van der Waals surface area contributed by atoms with Crippen molar-refractivity contribution in [3.05, 3.63) is 58.1 Å². The van der Waals surface area contributed by atoms with Crippen LogP contribution in [-0.4, -0.2) is 23.8 Å². The third-order valence-corrected chi connectivity index (χ3v) is 3.50. The van der Waals surface area contributed by atoms with E-state index in [2.05, 4.69) is 10.5 Å². The van der Waals surface area contributed by atoms with Gasteiger partial charge in [0.15, 0.2) is 0 Å². The molecule has 0 aliphatic carbocycles. The standard InChI is InChI=1S/C17H16Cl2N2O3/c18-13-6-7-16(15(19)10-13)24-8-2-5-17(23)21-20-11-12-3-1-4-14(22)9-12/h1,3-4,6-7,9-11,22H,2,5,8H2,(H,21,23)/b20-11+. The lowest BCUT2D eigenvalue weighted by atomic mass is 10.2. The molecule has 2 N–H and O–H groups in total. The summed E-state index contributed by atoms with van der Waals surface area (Å²) in [5.41, 5.74) is 3.11. The molecule has 0 atom stereocenters. The highest BCUT2D eigenvalue weighted by atomic mass is 35.5. The maximum atomic E-state index is 11.6. The molecule has 0 radical (unpaired) electrons. The number of phenolic OH excluding ortho intramolecular Hbond substituents is 1. The summed E-state index contributed by atoms with van der Waals surface area (Å²) < 4.78 is 5.49. The molecule has 2 aromatic rings. The fraction of sp³-hybridized carbons (Fsp3) is 0.176. The highest BCUT2D eigenvalue weighted by molar-refractivity contribution is 6.35. The number of halogens is 2. The summed E-state index contributed by atoms with van der Waals surface area (Å²) >= 11 is 11.8. The molecule has 2 aromatic carbocycles. The number of ether oxygens (including phenoxy) is 1. The van der Waals surface area contributed by atoms with Crippen LogP contribution in [0.1, 0.15) is 18.4 Å². The zero-order valence-electron chi connectivity index (χ0n) is 12.7. The van der Waals surface area contributed by atoms with Gasteiger partial charge in [-0.15, -0.1) is 0 Å². The van der Waals surface area contributed by atoms with Gasteiger partial charge in [0, 0.05) is 11.4 Å². The lowest BCUT2D eigenvalue weighted by molar-refractivity contribution is -0.121. The molecule has 0 unspecified atom stereocenters. The quantitative estimate of drug-likeness (QED) is 0.441. The molecule has 5 nitrogen and oxygen atoms in total. The zero-order chi connectivity index (χ0) is 17.4. The first-order valence-electron chi connectivity index (χ1n) is 7.23. The van der Waals surface area contributed by atoms with Crippen LogP contribution in [0, 0.1) is 0 Å². The van der Waals surface area contributed by atoms with Crippen LogP contribution in [0.25, 0.3) is 0 Å². The molecule has 0 aliphatic heterocycles. The van der Waals surface area contributed by atoms with E-state index in [1.165, 1.54) is 6.21 Å². The number of carbonyl (C=O) groups excluding carboxylic acids is 1. The maximum Gasteiger partial charge on any atom is 0.240 e. The number of hydrogen-bond donors (Lipinski definition) is 2. The van der Waals surface area contributed by atoms with Gasteiger partial charge in [0.2, 0.25) is 5.91 Å². The van der Waals surface area contributed by atoms with Gasteiger partial charge in [-0.2, -0.15) is 5.10 Å². The molecule has 0 heterocycles. The molecule has 2 rings (SSSR count). The number of amides is 1. The lowest BCUT2D eigenvalue weighted by Crippen LogP contribution is -2.18. The van der Waals surface area contributed by atoms with Crippen LogP contribution in [0.3, 0.4) is 0 Å². The average molecular weight is 367 g/mol. The summed E-state index contributed by atoms with van der Waals surface area (Å²) in [4.78, 5) is 11.6. The highest BCUT2D eigenvalue weighted by Crippen LogP contribution is 2.27. The van der Waals surface area contributed by atoms with Crippen molar-refractivity contribution < 1.29 is 14.6 Å². The van der Waals surface area contributed by atoms with E-state index in [-0.39, 0.29) is 18.1 Å². The van der Waals surface area contributed by atoms with Crippen molar-refractivity contribution in [2.75, 3.05) is 6.61 Å². The number of hydrogen-bond acceptors (Lipinski definition) is 4. The Labute approximate surface area is 149 Å². The van der Waals surface area contributed by atoms with E-state index >= 15 is 0 Å². The van der Waals surface area contributed by atoms with E-state index < -0.39 is 0 Å². The SMILES string of the molecule is O=C(CCCOc1ccc(Cl)cc1Cl)N/N=C/c1cccc(O)c1. The Morgan fingerprint density at radius 1 is 1.25 bits per heavy atom. The fourth-order valence-corrected chi connectivity index (χ4v) is 2.31. The second kappa shape index (κ2) is 9.15. The van der Waals surface area contributed by atoms with Crippen LogP contribution in [-0.2, 0) is 4.79 Å². The number of nitrogens with zero attached hydrogens (tertiary/aromatic N) is 1. The van der Waals surface area contributed by atoms with Crippen LogP contribution in [0.2, 0.25) is 10.0 Å². The van der Waals surface area contributed by atoms with Crippen molar-refractivity contribution in [1.82, 2.24) is 5.43 Å². The second-order valence-electron chi connectivity index (χ2n) is 4.91. The number of aromatic hydroxyl groups is 1. The van der Waals surface area contributed by atoms with Crippen molar-refractivity contribution in [3.63, 3.8) is 0 Å². The molecule has 0 saturated heterocycles. The van der Waals surface area contributed by atoms with Crippen molar-refractivity contribution in [2.45, 2.75) is 12.8 Å². The largest absolute Gasteiger partial charge is 0.508 e. The third-order valence-electron chi connectivity index (χ3n) is 2.97. The van der Waals surface area contributed by atoms with Crippen molar-refractivity contribution in [2.24, 2.45) is 5.10 Å². The maximum absolute atomic E-state index is 11.6. The monoisotopic (exact) mass is 366 g/mol. The summed E-state index contributed by atoms with van der Waals surface area (Å²) in [6.07, 6.45) is 2.25. The first-order valence-corrected chi connectivity index (χ1v) is 7.99. The summed E-state index contributed by atoms with van der Waals surface area (Å²) in [6.45, 7) is 0.352. The van der Waals surface area contributed by atoms with Crippen molar-refractivity contribution in [3.8, 4) is 11.5 Å². The van der Waals surface area contributed by atoms with Gasteiger partial charge >= 0.3 is 0 Å². The average Bonchev–Trinajstić information content (AvgIpc) is 2.53. The Morgan fingerprint density at radius 2 is 2.08 bits per heavy atom. The molecule has 0 bridgehead atoms. The highest BCUT2D eigenvalue weighted by Gasteiger charge is 2.04. The molecule has 126 valence electrons. The van der Waals surface area contributed by atoms with E-state index in [0.29, 0.717) is 34.4 Å². The molecule has 7 heteroatoms. The number of nitrogens with one attached hydrogen (secondary N) is 1. The Hall–Kier alpha value is -2.24. The van der Waals surface area contributed by atoms with Gasteiger partial charge in [-0.25, -0.2) is 5.43 Å². The Bertz CT molecular complexity index is 736. The predicted octanol–water partition coefficient (Wildman–Crippen LogP) is 4.01. The number of carbonyl (C=O) groups is 1. The van der Waals surface area contributed by atoms with E-state index in [1.807, 2.05) is 0 Å². The third kappa shape index (κ3) is 6.10. The van der Waals surface area contributed by atoms with Crippen molar-refractivity contribution >= 4 is 35.3 Å². The molecule has 0 spiro atoms. The summed E-state index contributed by atoms with van der Waals surface area (Å²) in [7, 11) is 0. The summed E-state index contributed by atoms with van der Waals surface area (Å²) in [5, 5.41) is 14.1. The van der Waals surface area contributed by atoms with Crippen molar-refractivity contribution in [1.29, 1.82) is 0 Å².